The van der Waals surface area contributed by atoms with E-state index in [1.54, 1.807) is 6.07 Å². The fraction of sp³-hybridized carbons (Fsp3) is 0.375. The second-order valence-electron chi connectivity index (χ2n) is 8.60. The van der Waals surface area contributed by atoms with Crippen molar-refractivity contribution >= 4 is 28.5 Å². The van der Waals surface area contributed by atoms with Gasteiger partial charge in [-0.3, -0.25) is 9.59 Å². The van der Waals surface area contributed by atoms with Crippen LogP contribution >= 0.6 is 0 Å². The molecule has 1 aliphatic heterocycles. The number of carbonyl (C=O) groups is 2. The van der Waals surface area contributed by atoms with Crippen LogP contribution in [0.2, 0.25) is 0 Å². The highest BCUT2D eigenvalue weighted by Gasteiger charge is 2.32. The van der Waals surface area contributed by atoms with Gasteiger partial charge in [-0.05, 0) is 54.7 Å². The molecule has 0 saturated carbocycles. The zero-order valence-electron chi connectivity index (χ0n) is 18.3. The Morgan fingerprint density at radius 3 is 2.75 bits per heavy atom. The Morgan fingerprint density at radius 1 is 1.19 bits per heavy atom. The molecule has 1 aromatic heterocycles. The van der Waals surface area contributed by atoms with Crippen LogP contribution in [-0.4, -0.2) is 33.9 Å². The lowest BCUT2D eigenvalue weighted by atomic mass is 9.89. The third-order valence-corrected chi connectivity index (χ3v) is 5.68. The minimum atomic E-state index is -0.417. The van der Waals surface area contributed by atoms with E-state index in [0.29, 0.717) is 29.1 Å². The van der Waals surface area contributed by atoms with Crippen LogP contribution in [0.4, 0.5) is 10.1 Å². The average molecular weight is 439 g/mol. The largest absolute Gasteiger partial charge is 0.370 e. The van der Waals surface area contributed by atoms with Gasteiger partial charge in [0, 0.05) is 18.7 Å². The van der Waals surface area contributed by atoms with Gasteiger partial charge >= 0.3 is 0 Å². The molecular formula is C24H27FN4O3. The number of nitrogens with zero attached hydrogens (tertiary/aromatic N) is 1. The summed E-state index contributed by atoms with van der Waals surface area (Å²) in [6.45, 7) is 5.74. The predicted molar refractivity (Wildman–Crippen MR) is 120 cm³/mol. The first-order valence-electron chi connectivity index (χ1n) is 10.8. The summed E-state index contributed by atoms with van der Waals surface area (Å²) < 4.78 is 19.7. The topological polar surface area (TPSA) is 96.1 Å². The highest BCUT2D eigenvalue weighted by Crippen LogP contribution is 2.35. The van der Waals surface area contributed by atoms with Crippen molar-refractivity contribution in [1.82, 2.24) is 15.3 Å². The number of hydrogen-bond donors (Lipinski definition) is 3. The SMILES string of the molecule is CC(=O)N[C@H]1C[C@@H](c2cccc(NC(=O)c3nc4ccc(F)cc4[nH]3)c2)O[C@@H](C(C)C)C1. The molecule has 1 fully saturated rings. The molecule has 0 radical (unpaired) electrons. The number of halogens is 1. The van der Waals surface area contributed by atoms with E-state index >= 15 is 0 Å². The maximum Gasteiger partial charge on any atom is 0.291 e. The van der Waals surface area contributed by atoms with E-state index in [-0.39, 0.29) is 30.0 Å². The molecule has 2 amide bonds. The number of carbonyl (C=O) groups excluding carboxylic acids is 2. The van der Waals surface area contributed by atoms with Crippen LogP contribution in [-0.2, 0) is 9.53 Å². The number of fused-ring (bicyclic) bond motifs is 1. The van der Waals surface area contributed by atoms with E-state index in [9.17, 15) is 14.0 Å². The fourth-order valence-corrected chi connectivity index (χ4v) is 4.10. The van der Waals surface area contributed by atoms with Gasteiger partial charge < -0.3 is 20.4 Å². The van der Waals surface area contributed by atoms with Gasteiger partial charge in [0.15, 0.2) is 5.82 Å². The summed E-state index contributed by atoms with van der Waals surface area (Å²) in [5.41, 5.74) is 2.51. The molecule has 0 bridgehead atoms. The van der Waals surface area contributed by atoms with Crippen LogP contribution in [0.25, 0.3) is 11.0 Å². The molecule has 2 aromatic carbocycles. The minimum absolute atomic E-state index is 0.0276. The number of benzene rings is 2. The molecule has 4 rings (SSSR count). The minimum Gasteiger partial charge on any atom is -0.370 e. The first kappa shape index (κ1) is 22.0. The summed E-state index contributed by atoms with van der Waals surface area (Å²) in [5, 5.41) is 5.86. The standard InChI is InChI=1S/C24H27FN4O3/c1-13(2)21-11-18(26-14(3)30)12-22(32-21)15-5-4-6-17(9-15)27-24(31)23-28-19-8-7-16(25)10-20(19)29-23/h4-10,13,18,21-22H,11-12H2,1-3H3,(H,26,30)(H,27,31)(H,28,29)/t18-,21-,22+/m1/s1. The van der Waals surface area contributed by atoms with E-state index < -0.39 is 11.7 Å². The average Bonchev–Trinajstić information content (AvgIpc) is 3.16. The number of anilines is 1. The number of hydrogen-bond acceptors (Lipinski definition) is 4. The summed E-state index contributed by atoms with van der Waals surface area (Å²) in [4.78, 5) is 31.4. The van der Waals surface area contributed by atoms with Crippen molar-refractivity contribution in [3.63, 3.8) is 0 Å². The normalized spacial score (nSPS) is 21.0. The molecule has 0 aliphatic carbocycles. The zero-order valence-corrected chi connectivity index (χ0v) is 18.3. The molecule has 2 heterocycles. The predicted octanol–water partition coefficient (Wildman–Crippen LogP) is 4.34. The van der Waals surface area contributed by atoms with Crippen molar-refractivity contribution in [3.8, 4) is 0 Å². The second-order valence-corrected chi connectivity index (χ2v) is 8.60. The molecule has 0 unspecified atom stereocenters. The summed E-state index contributed by atoms with van der Waals surface area (Å²) in [7, 11) is 0. The van der Waals surface area contributed by atoms with Crippen molar-refractivity contribution < 1.29 is 18.7 Å². The van der Waals surface area contributed by atoms with Crippen LogP contribution < -0.4 is 10.6 Å². The highest BCUT2D eigenvalue weighted by atomic mass is 19.1. The number of H-pyrrole nitrogens is 1. The van der Waals surface area contributed by atoms with Crippen LogP contribution in [0.15, 0.2) is 42.5 Å². The van der Waals surface area contributed by atoms with Gasteiger partial charge in [-0.1, -0.05) is 26.0 Å². The van der Waals surface area contributed by atoms with E-state index in [0.717, 1.165) is 12.0 Å². The third kappa shape index (κ3) is 4.96. The van der Waals surface area contributed by atoms with Gasteiger partial charge in [0.05, 0.1) is 23.2 Å². The quantitative estimate of drug-likeness (QED) is 0.552. The molecule has 1 aliphatic rings. The van der Waals surface area contributed by atoms with E-state index in [1.807, 2.05) is 18.2 Å². The molecule has 3 aromatic rings. The molecule has 0 spiro atoms. The fourth-order valence-electron chi connectivity index (χ4n) is 4.10. The van der Waals surface area contributed by atoms with Gasteiger partial charge in [0.2, 0.25) is 5.91 Å². The maximum absolute atomic E-state index is 13.4. The molecule has 1 saturated heterocycles. The first-order chi connectivity index (χ1) is 15.3. The Labute approximate surface area is 185 Å². The van der Waals surface area contributed by atoms with Gasteiger partial charge in [0.1, 0.15) is 5.82 Å². The van der Waals surface area contributed by atoms with Crippen LogP contribution in [0.5, 0.6) is 0 Å². The lowest BCUT2D eigenvalue weighted by Crippen LogP contribution is -2.43. The summed E-state index contributed by atoms with van der Waals surface area (Å²) in [5.74, 6) is -0.444. The smallest absolute Gasteiger partial charge is 0.291 e. The Hall–Kier alpha value is -3.26. The molecular weight excluding hydrogens is 411 g/mol. The monoisotopic (exact) mass is 438 g/mol. The number of aromatic amines is 1. The highest BCUT2D eigenvalue weighted by molar-refractivity contribution is 6.03. The van der Waals surface area contributed by atoms with Crippen molar-refractivity contribution in [2.45, 2.75) is 51.9 Å². The van der Waals surface area contributed by atoms with Gasteiger partial charge in [-0.15, -0.1) is 0 Å². The van der Waals surface area contributed by atoms with Crippen molar-refractivity contribution in [2.24, 2.45) is 5.92 Å². The van der Waals surface area contributed by atoms with Gasteiger partial charge in [-0.25, -0.2) is 9.37 Å². The van der Waals surface area contributed by atoms with E-state index in [4.69, 9.17) is 4.74 Å². The molecule has 168 valence electrons. The van der Waals surface area contributed by atoms with Crippen LogP contribution in [0.3, 0.4) is 0 Å². The van der Waals surface area contributed by atoms with Crippen LogP contribution in [0, 0.1) is 11.7 Å². The molecule has 3 atom stereocenters. The lowest BCUT2D eigenvalue weighted by molar-refractivity contribution is -0.123. The van der Waals surface area contributed by atoms with Crippen molar-refractivity contribution in [2.75, 3.05) is 5.32 Å². The van der Waals surface area contributed by atoms with Crippen LogP contribution in [0.1, 0.15) is 55.9 Å². The number of ether oxygens (including phenoxy) is 1. The molecule has 32 heavy (non-hydrogen) atoms. The van der Waals surface area contributed by atoms with Gasteiger partial charge in [0.25, 0.3) is 5.91 Å². The Bertz CT molecular complexity index is 1140. The third-order valence-electron chi connectivity index (χ3n) is 5.68. The number of nitrogens with one attached hydrogen (secondary N) is 3. The Balaban J connectivity index is 1.51. The lowest BCUT2D eigenvalue weighted by Gasteiger charge is -2.38. The van der Waals surface area contributed by atoms with Crippen molar-refractivity contribution in [1.29, 1.82) is 0 Å². The van der Waals surface area contributed by atoms with Gasteiger partial charge in [-0.2, -0.15) is 0 Å². The zero-order chi connectivity index (χ0) is 22.8. The van der Waals surface area contributed by atoms with E-state index in [2.05, 4.69) is 34.4 Å². The number of aromatic nitrogens is 2. The molecule has 3 N–H and O–H groups in total. The second kappa shape index (κ2) is 9.08. The molecule has 7 nitrogen and oxygen atoms in total. The summed E-state index contributed by atoms with van der Waals surface area (Å²) in [6, 6.07) is 11.6. The summed E-state index contributed by atoms with van der Waals surface area (Å²) >= 11 is 0. The maximum atomic E-state index is 13.4. The summed E-state index contributed by atoms with van der Waals surface area (Å²) in [6.07, 6.45) is 1.27. The molecule has 8 heteroatoms. The number of amides is 2. The first-order valence-corrected chi connectivity index (χ1v) is 10.8. The Kier molecular flexibility index (Phi) is 6.23. The number of imidazole rings is 1. The Morgan fingerprint density at radius 2 is 2.00 bits per heavy atom. The van der Waals surface area contributed by atoms with E-state index in [1.165, 1.54) is 25.1 Å². The number of rotatable bonds is 5. The van der Waals surface area contributed by atoms with Crippen molar-refractivity contribution in [3.05, 3.63) is 59.7 Å².